The second-order valence-corrected chi connectivity index (χ2v) is 4.23. The van der Waals surface area contributed by atoms with E-state index in [9.17, 15) is 4.79 Å². The van der Waals surface area contributed by atoms with E-state index in [1.807, 2.05) is 0 Å². The van der Waals surface area contributed by atoms with Gasteiger partial charge in [-0.05, 0) is 19.1 Å². The second-order valence-electron chi connectivity index (χ2n) is 3.31. The Kier molecular flexibility index (Phi) is 2.44. The van der Waals surface area contributed by atoms with Gasteiger partial charge in [0.05, 0.1) is 11.4 Å². The molecule has 0 aliphatic carbocycles. The average molecular weight is 269 g/mol. The molecule has 0 bridgehead atoms. The highest BCUT2D eigenvalue weighted by atomic mass is 79.9. The van der Waals surface area contributed by atoms with Gasteiger partial charge < -0.3 is 10.6 Å². The number of hydrogen-bond donors (Lipinski definition) is 3. The number of anilines is 2. The normalized spacial score (nSPS) is 18.8. The highest BCUT2D eigenvalue weighted by Gasteiger charge is 2.23. The van der Waals surface area contributed by atoms with Gasteiger partial charge in [0.15, 0.2) is 0 Å². The molecule has 1 aliphatic heterocycles. The minimum atomic E-state index is -0.306. The molecule has 0 aromatic heterocycles. The van der Waals surface area contributed by atoms with Crippen molar-refractivity contribution in [3.05, 3.63) is 16.6 Å². The van der Waals surface area contributed by atoms with Crippen molar-refractivity contribution in [2.45, 2.75) is 13.0 Å². The van der Waals surface area contributed by atoms with Crippen LogP contribution in [-0.2, 0) is 4.79 Å². The van der Waals surface area contributed by atoms with Crippen LogP contribution in [-0.4, -0.2) is 11.9 Å². The lowest BCUT2D eigenvalue weighted by Crippen LogP contribution is -2.36. The van der Waals surface area contributed by atoms with E-state index < -0.39 is 0 Å². The van der Waals surface area contributed by atoms with Gasteiger partial charge in [-0.2, -0.15) is 5.11 Å². The van der Waals surface area contributed by atoms with Crippen molar-refractivity contribution in [3.63, 3.8) is 0 Å². The predicted molar refractivity (Wildman–Crippen MR) is 60.7 cm³/mol. The van der Waals surface area contributed by atoms with Crippen LogP contribution in [0.5, 0.6) is 0 Å². The number of nitrogens with zero attached hydrogens (tertiary/aromatic N) is 1. The SMILES string of the molecule is C[C@H]1Nc2c(N=N)cc(Br)cc2NC1=O. The van der Waals surface area contributed by atoms with Crippen LogP contribution in [0, 0.1) is 5.53 Å². The van der Waals surface area contributed by atoms with Crippen LogP contribution >= 0.6 is 15.9 Å². The minimum Gasteiger partial charge on any atom is -0.370 e. The number of nitrogens with one attached hydrogen (secondary N) is 3. The monoisotopic (exact) mass is 268 g/mol. The fourth-order valence-corrected chi connectivity index (χ4v) is 1.90. The molecule has 0 radical (unpaired) electrons. The number of rotatable bonds is 1. The first kappa shape index (κ1) is 10.1. The van der Waals surface area contributed by atoms with Crippen molar-refractivity contribution in [2.75, 3.05) is 10.6 Å². The number of benzene rings is 1. The molecular weight excluding hydrogens is 260 g/mol. The number of hydrogen-bond acceptors (Lipinski definition) is 4. The largest absolute Gasteiger partial charge is 0.370 e. The molecule has 1 aliphatic rings. The van der Waals surface area contributed by atoms with Crippen molar-refractivity contribution >= 4 is 38.9 Å². The Morgan fingerprint density at radius 2 is 2.27 bits per heavy atom. The lowest BCUT2D eigenvalue weighted by molar-refractivity contribution is -0.116. The lowest BCUT2D eigenvalue weighted by atomic mass is 10.1. The highest BCUT2D eigenvalue weighted by Crippen LogP contribution is 2.38. The van der Waals surface area contributed by atoms with Crippen LogP contribution in [0.25, 0.3) is 0 Å². The van der Waals surface area contributed by atoms with Crippen LogP contribution in [0.4, 0.5) is 17.1 Å². The van der Waals surface area contributed by atoms with Gasteiger partial charge in [-0.3, -0.25) is 4.79 Å². The molecule has 3 N–H and O–H groups in total. The van der Waals surface area contributed by atoms with Crippen molar-refractivity contribution in [3.8, 4) is 0 Å². The Labute approximate surface area is 94.9 Å². The quantitative estimate of drug-likeness (QED) is 0.685. The van der Waals surface area contributed by atoms with Gasteiger partial charge in [-0.15, -0.1) is 0 Å². The fraction of sp³-hybridized carbons (Fsp3) is 0.222. The molecule has 6 heteroatoms. The predicted octanol–water partition coefficient (Wildman–Crippen LogP) is 2.86. The summed E-state index contributed by atoms with van der Waals surface area (Å²) in [5.41, 5.74) is 8.90. The zero-order valence-electron chi connectivity index (χ0n) is 7.97. The van der Waals surface area contributed by atoms with Crippen LogP contribution in [0.2, 0.25) is 0 Å². The van der Waals surface area contributed by atoms with Gasteiger partial charge in [0.2, 0.25) is 5.91 Å². The van der Waals surface area contributed by atoms with E-state index in [1.165, 1.54) is 0 Å². The standard InChI is InChI=1S/C9H9BrN4O/c1-4-9(15)13-6-2-5(10)3-7(14-11)8(6)12-4/h2-4,11-12H,1H3,(H,13,15)/t4-/m1/s1. The molecule has 1 atom stereocenters. The zero-order chi connectivity index (χ0) is 11.0. The molecule has 0 spiro atoms. The molecule has 0 saturated carbocycles. The molecule has 0 fully saturated rings. The third kappa shape index (κ3) is 1.72. The van der Waals surface area contributed by atoms with Crippen LogP contribution in [0.15, 0.2) is 21.7 Å². The maximum atomic E-state index is 11.4. The Morgan fingerprint density at radius 3 is 2.93 bits per heavy atom. The number of carbonyl (C=O) groups excluding carboxylic acids is 1. The maximum absolute atomic E-state index is 11.4. The lowest BCUT2D eigenvalue weighted by Gasteiger charge is -2.25. The van der Waals surface area contributed by atoms with Crippen molar-refractivity contribution in [1.82, 2.24) is 0 Å². The molecule has 2 rings (SSSR count). The molecule has 0 saturated heterocycles. The van der Waals surface area contributed by atoms with Gasteiger partial charge in [0.25, 0.3) is 0 Å². The molecule has 1 aromatic carbocycles. The summed E-state index contributed by atoms with van der Waals surface area (Å²) < 4.78 is 0.781. The summed E-state index contributed by atoms with van der Waals surface area (Å²) in [5, 5.41) is 9.17. The van der Waals surface area contributed by atoms with Crippen LogP contribution < -0.4 is 10.6 Å². The average Bonchev–Trinajstić information content (AvgIpc) is 2.19. The summed E-state index contributed by atoms with van der Waals surface area (Å²) >= 11 is 3.29. The number of carbonyl (C=O) groups is 1. The smallest absolute Gasteiger partial charge is 0.246 e. The topological polar surface area (TPSA) is 77.3 Å². The summed E-state index contributed by atoms with van der Waals surface area (Å²) in [4.78, 5) is 11.4. The Hall–Kier alpha value is -1.43. The summed E-state index contributed by atoms with van der Waals surface area (Å²) in [6.07, 6.45) is 0. The molecular formula is C9H9BrN4O. The van der Waals surface area contributed by atoms with Crippen LogP contribution in [0.1, 0.15) is 6.92 Å². The first-order chi connectivity index (χ1) is 7.11. The van der Waals surface area contributed by atoms with E-state index >= 15 is 0 Å². The second kappa shape index (κ2) is 3.62. The summed E-state index contributed by atoms with van der Waals surface area (Å²) in [5.74, 6) is -0.0865. The summed E-state index contributed by atoms with van der Waals surface area (Å²) in [6.45, 7) is 1.76. The fourth-order valence-electron chi connectivity index (χ4n) is 1.45. The van der Waals surface area contributed by atoms with Gasteiger partial charge in [-0.1, -0.05) is 15.9 Å². The van der Waals surface area contributed by atoms with Gasteiger partial charge in [0, 0.05) is 4.47 Å². The number of amides is 1. The van der Waals surface area contributed by atoms with E-state index in [-0.39, 0.29) is 11.9 Å². The molecule has 1 aromatic rings. The number of fused-ring (bicyclic) bond motifs is 1. The van der Waals surface area contributed by atoms with E-state index in [0.717, 1.165) is 4.47 Å². The Bertz CT molecular complexity index is 446. The van der Waals surface area contributed by atoms with Gasteiger partial charge >= 0.3 is 0 Å². The summed E-state index contributed by atoms with van der Waals surface area (Å²) in [6, 6.07) is 3.20. The number of halogens is 1. The van der Waals surface area contributed by atoms with Crippen molar-refractivity contribution in [2.24, 2.45) is 5.11 Å². The van der Waals surface area contributed by atoms with E-state index in [2.05, 4.69) is 31.7 Å². The molecule has 0 unspecified atom stereocenters. The zero-order valence-corrected chi connectivity index (χ0v) is 9.55. The Balaban J connectivity index is 2.56. The van der Waals surface area contributed by atoms with E-state index in [4.69, 9.17) is 5.53 Å². The summed E-state index contributed by atoms with van der Waals surface area (Å²) in [7, 11) is 0. The highest BCUT2D eigenvalue weighted by molar-refractivity contribution is 9.10. The first-order valence-corrected chi connectivity index (χ1v) is 5.19. The third-order valence-electron chi connectivity index (χ3n) is 2.21. The van der Waals surface area contributed by atoms with Crippen molar-refractivity contribution < 1.29 is 4.79 Å². The molecule has 15 heavy (non-hydrogen) atoms. The van der Waals surface area contributed by atoms with Gasteiger partial charge in [0.1, 0.15) is 11.7 Å². The first-order valence-electron chi connectivity index (χ1n) is 4.40. The minimum absolute atomic E-state index is 0.0865. The van der Waals surface area contributed by atoms with Crippen molar-refractivity contribution in [1.29, 1.82) is 5.53 Å². The maximum Gasteiger partial charge on any atom is 0.246 e. The molecule has 5 nitrogen and oxygen atoms in total. The molecule has 78 valence electrons. The van der Waals surface area contributed by atoms with Crippen LogP contribution in [0.3, 0.4) is 0 Å². The Morgan fingerprint density at radius 1 is 1.53 bits per heavy atom. The van der Waals surface area contributed by atoms with E-state index in [1.54, 1.807) is 19.1 Å². The molecule has 1 heterocycles. The van der Waals surface area contributed by atoms with Gasteiger partial charge in [-0.25, -0.2) is 5.53 Å². The third-order valence-corrected chi connectivity index (χ3v) is 2.67. The van der Waals surface area contributed by atoms with E-state index in [0.29, 0.717) is 17.1 Å². The molecule has 1 amide bonds.